The molecule has 0 aromatic heterocycles. The van der Waals surface area contributed by atoms with E-state index in [0.29, 0.717) is 36.8 Å². The van der Waals surface area contributed by atoms with Crippen molar-refractivity contribution in [3.05, 3.63) is 65.7 Å². The molecule has 2 heterocycles. The van der Waals surface area contributed by atoms with Crippen molar-refractivity contribution in [3.8, 4) is 5.75 Å². The molecule has 2 saturated heterocycles. The van der Waals surface area contributed by atoms with Gasteiger partial charge in [-0.25, -0.2) is 4.79 Å². The van der Waals surface area contributed by atoms with Gasteiger partial charge in [-0.2, -0.15) is 25.3 Å². The zero-order valence-electron chi connectivity index (χ0n) is 56.4. The number of likely N-dealkylation sites (tertiary alicyclic amines) is 2. The molecule has 99 heavy (non-hydrogen) atoms. The number of nitrogens with two attached hydrogens (primary N) is 2. The second-order valence-corrected chi connectivity index (χ2v) is 25.4. The Morgan fingerprint density at radius 2 is 1.11 bits per heavy atom. The second kappa shape index (κ2) is 40.9. The Morgan fingerprint density at radius 3 is 1.70 bits per heavy atom. The van der Waals surface area contributed by atoms with Crippen LogP contribution in [-0.4, -0.2) is 236 Å². The van der Waals surface area contributed by atoms with E-state index in [1.165, 1.54) is 41.0 Å². The van der Waals surface area contributed by atoms with Crippen LogP contribution in [0.4, 0.5) is 0 Å². The van der Waals surface area contributed by atoms with Gasteiger partial charge in [0.15, 0.2) is 5.96 Å². The summed E-state index contributed by atoms with van der Waals surface area (Å²) < 4.78 is 0. The molecular formula is C64H98N16O17S2. The maximum atomic E-state index is 14.8. The maximum absolute atomic E-state index is 14.8. The number of hydrogen-bond acceptors (Lipinski definition) is 20. The number of thiol groups is 2. The van der Waals surface area contributed by atoms with E-state index in [1.807, 2.05) is 0 Å². The molecule has 15 atom stereocenters. The third kappa shape index (κ3) is 25.5. The number of carbonyl (C=O) groups excluding carboxylic acids is 12. The molecule has 0 aliphatic carbocycles. The van der Waals surface area contributed by atoms with Crippen molar-refractivity contribution >= 4 is 108 Å². The highest BCUT2D eigenvalue weighted by molar-refractivity contribution is 7.80. The first kappa shape index (κ1) is 82.6. The normalized spacial score (nSPS) is 18.2. The average molecular weight is 1430 g/mol. The SMILES string of the molecule is CC[C@H](C)[C@H](NC(=O)[C@@H]1CCCN1C(=O)[C@@H]1CCCN1C(=O)[C@@H](NC(=O)[C@H](CO)NC(=O)[C@H](Cc1ccc(O)cc1)NC(=O)[C@@H](NC(=O)[C@H](C)NC(=O)[C@H](CCCNC(=N)N)NC(=O)CNC(=O)[C@@H](N)CS)[C@@H](C)O)[C@@H](C)CC)C(=O)N[C@@H](CS)C(=O)N[C@@H](Cc1ccccc1)C(=O)O. The Balaban J connectivity index is 1.48. The number of phenols is 1. The summed E-state index contributed by atoms with van der Waals surface area (Å²) in [6.45, 7) is 7.95. The topological polar surface area (TPSA) is 518 Å². The number of carboxylic acids is 1. The minimum atomic E-state index is -1.82. The molecule has 2 aromatic carbocycles. The molecule has 0 spiro atoms. The van der Waals surface area contributed by atoms with Crippen LogP contribution >= 0.6 is 25.3 Å². The number of nitrogens with zero attached hydrogens (tertiary/aromatic N) is 2. The van der Waals surface area contributed by atoms with E-state index in [0.717, 1.165) is 6.92 Å². The van der Waals surface area contributed by atoms with E-state index in [9.17, 15) is 82.8 Å². The number of phenolic OH excluding ortho intramolecular Hbond substituents is 1. The number of aliphatic hydroxyl groups excluding tert-OH is 2. The molecule has 12 amide bonds. The van der Waals surface area contributed by atoms with Crippen molar-refractivity contribution in [1.29, 1.82) is 5.41 Å². The Morgan fingerprint density at radius 1 is 0.586 bits per heavy atom. The van der Waals surface area contributed by atoms with Crippen molar-refractivity contribution in [1.82, 2.24) is 68.3 Å². The fraction of sp³-hybridized carbons (Fsp3) is 0.594. The lowest BCUT2D eigenvalue weighted by Gasteiger charge is -2.35. The number of nitrogens with one attached hydrogen (secondary N) is 12. The highest BCUT2D eigenvalue weighted by atomic mass is 32.1. The van der Waals surface area contributed by atoms with Gasteiger partial charge in [-0.05, 0) is 87.5 Å². The lowest BCUT2D eigenvalue weighted by Crippen LogP contribution is -2.62. The van der Waals surface area contributed by atoms with Crippen molar-refractivity contribution in [2.45, 2.75) is 184 Å². The third-order valence-corrected chi connectivity index (χ3v) is 17.9. The third-order valence-electron chi connectivity index (χ3n) is 17.2. The number of aromatic hydroxyl groups is 1. The maximum Gasteiger partial charge on any atom is 0.326 e. The van der Waals surface area contributed by atoms with E-state index in [4.69, 9.17) is 16.9 Å². The minimum absolute atomic E-state index is 0.0175. The molecule has 0 bridgehead atoms. The van der Waals surface area contributed by atoms with Gasteiger partial charge in [-0.3, -0.25) is 62.9 Å². The number of amides is 12. The quantitative estimate of drug-likeness (QED) is 0.0130. The van der Waals surface area contributed by atoms with Crippen LogP contribution in [0, 0.1) is 17.2 Å². The van der Waals surface area contributed by atoms with Gasteiger partial charge < -0.3 is 100 Å². The predicted molar refractivity (Wildman–Crippen MR) is 368 cm³/mol. The molecule has 0 unspecified atom stereocenters. The van der Waals surface area contributed by atoms with Gasteiger partial charge >= 0.3 is 5.97 Å². The van der Waals surface area contributed by atoms with Crippen LogP contribution in [0.1, 0.15) is 104 Å². The van der Waals surface area contributed by atoms with Crippen molar-refractivity contribution < 1.29 is 82.8 Å². The summed E-state index contributed by atoms with van der Waals surface area (Å²) in [6, 6.07) is -2.41. The first-order chi connectivity index (χ1) is 46.9. The van der Waals surface area contributed by atoms with E-state index in [2.05, 4.69) is 83.7 Å². The zero-order chi connectivity index (χ0) is 73.8. The first-order valence-electron chi connectivity index (χ1n) is 32.9. The van der Waals surface area contributed by atoms with Crippen LogP contribution in [-0.2, 0) is 75.2 Å². The molecular weight excluding hydrogens is 1330 g/mol. The summed E-state index contributed by atoms with van der Waals surface area (Å²) in [7, 11) is 0. The van der Waals surface area contributed by atoms with E-state index < -0.39 is 180 Å². The predicted octanol–water partition coefficient (Wildman–Crippen LogP) is -4.34. The number of carboxylic acid groups (broad SMARTS) is 1. The lowest BCUT2D eigenvalue weighted by molar-refractivity contribution is -0.149. The molecule has 0 saturated carbocycles. The highest BCUT2D eigenvalue weighted by Crippen LogP contribution is 2.28. The van der Waals surface area contributed by atoms with Gasteiger partial charge in [-0.1, -0.05) is 83.0 Å². The fourth-order valence-corrected chi connectivity index (χ4v) is 11.3. The van der Waals surface area contributed by atoms with Crippen LogP contribution in [0.3, 0.4) is 0 Å². The molecule has 4 rings (SSSR count). The van der Waals surface area contributed by atoms with Crippen LogP contribution in [0.25, 0.3) is 0 Å². The highest BCUT2D eigenvalue weighted by Gasteiger charge is 2.46. The average Bonchev–Trinajstić information content (AvgIpc) is 1.70. The molecule has 2 fully saturated rings. The summed E-state index contributed by atoms with van der Waals surface area (Å²) in [4.78, 5) is 181. The van der Waals surface area contributed by atoms with Gasteiger partial charge in [0.2, 0.25) is 70.9 Å². The van der Waals surface area contributed by atoms with E-state index in [1.54, 1.807) is 58.0 Å². The zero-order valence-corrected chi connectivity index (χ0v) is 58.2. The number of carbonyl (C=O) groups is 13. The summed E-state index contributed by atoms with van der Waals surface area (Å²) >= 11 is 8.21. The number of aliphatic hydroxyl groups is 2. The van der Waals surface area contributed by atoms with Crippen LogP contribution in [0.2, 0.25) is 0 Å². The van der Waals surface area contributed by atoms with E-state index in [-0.39, 0.29) is 81.4 Å². The number of guanidine groups is 1. The Kier molecular flexibility index (Phi) is 34.2. The molecule has 2 aliphatic heterocycles. The van der Waals surface area contributed by atoms with Gasteiger partial charge in [-0.15, -0.1) is 0 Å². The standard InChI is InChI=1S/C64H98N16O17S2/c1-7-33(3)49(59(92)75-45(32-99)57(90)73-43(63(96)97)28-37-15-10-9-11-16-37)76-58(91)46-18-13-25-79(46)61(94)47-19-14-26-80(47)62(95)50(34(4)8-2)77-56(89)44(30-81)74-55(88)42(27-38-20-22-39(83)23-21-38)72-60(93)51(36(6)82)78-52(85)35(5)70-54(87)41(17-12-24-68-64(66)67)71-48(84)29-69-53(86)40(65)31-98/h9-11,15-16,20-23,33-36,40-47,49-51,81-83,98-99H,7-8,12-14,17-19,24-32,65H2,1-6H3,(H,69,86)(H,70,87)(H,71,84)(H,72,93)(H,73,90)(H,74,88)(H,75,92)(H,76,91)(H,77,89)(H,78,85)(H,96,97)(H4,66,67,68)/t33-,34-,35-,36+,40-,41-,42-,43-,44-,45-,46-,47-,49-,50-,51-/m0/s1. The summed E-state index contributed by atoms with van der Waals surface area (Å²) in [5, 5.41) is 76.4. The Hall–Kier alpha value is -8.80. The van der Waals surface area contributed by atoms with Crippen LogP contribution < -0.4 is 70.0 Å². The van der Waals surface area contributed by atoms with E-state index >= 15 is 0 Å². The van der Waals surface area contributed by atoms with Crippen molar-refractivity contribution in [3.63, 3.8) is 0 Å². The largest absolute Gasteiger partial charge is 0.508 e. The smallest absolute Gasteiger partial charge is 0.326 e. The number of rotatable bonds is 39. The number of benzene rings is 2. The minimum Gasteiger partial charge on any atom is -0.508 e. The van der Waals surface area contributed by atoms with Crippen molar-refractivity contribution in [2.75, 3.05) is 44.3 Å². The summed E-state index contributed by atoms with van der Waals surface area (Å²) in [5.74, 6) is -13.3. The Bertz CT molecular complexity index is 3140. The summed E-state index contributed by atoms with van der Waals surface area (Å²) in [6.07, 6.45) is -0.136. The van der Waals surface area contributed by atoms with Gasteiger partial charge in [0.25, 0.3) is 0 Å². The van der Waals surface area contributed by atoms with Crippen LogP contribution in [0.5, 0.6) is 5.75 Å². The molecule has 20 N–H and O–H groups in total. The monoisotopic (exact) mass is 1430 g/mol. The van der Waals surface area contributed by atoms with Gasteiger partial charge in [0, 0.05) is 44.0 Å². The van der Waals surface area contributed by atoms with Gasteiger partial charge in [0.05, 0.1) is 25.3 Å². The van der Waals surface area contributed by atoms with Crippen LogP contribution in [0.15, 0.2) is 54.6 Å². The Labute approximate surface area is 585 Å². The molecule has 2 aromatic rings. The molecule has 548 valence electrons. The molecule has 33 nitrogen and oxygen atoms in total. The fourth-order valence-electron chi connectivity index (χ4n) is 10.9. The number of aliphatic carboxylic acids is 1. The second-order valence-electron chi connectivity index (χ2n) is 24.7. The number of hydrogen-bond donors (Lipinski definition) is 20. The first-order valence-corrected chi connectivity index (χ1v) is 34.2. The van der Waals surface area contributed by atoms with Crippen molar-refractivity contribution in [2.24, 2.45) is 23.3 Å². The van der Waals surface area contributed by atoms with Gasteiger partial charge in [0.1, 0.15) is 72.2 Å². The molecule has 2 aliphatic rings. The molecule has 35 heteroatoms. The molecule has 0 radical (unpaired) electrons. The summed E-state index contributed by atoms with van der Waals surface area (Å²) in [5.41, 5.74) is 12.0. The lowest BCUT2D eigenvalue weighted by atomic mass is 9.96.